The number of carbonyl (C=O) groups excluding carboxylic acids is 1. The van der Waals surface area contributed by atoms with Gasteiger partial charge in [-0.05, 0) is 6.16 Å². The van der Waals surface area contributed by atoms with Crippen molar-refractivity contribution in [3.63, 3.8) is 0 Å². The summed E-state index contributed by atoms with van der Waals surface area (Å²) in [5.74, 6) is 0. The average molecular weight is 174 g/mol. The minimum absolute atomic E-state index is 0. The van der Waals surface area contributed by atoms with Gasteiger partial charge >= 0.3 is 23.1 Å². The van der Waals surface area contributed by atoms with Crippen molar-refractivity contribution in [1.29, 1.82) is 0 Å². The molecular weight excluding hydrogens is 164 g/mol. The predicted molar refractivity (Wildman–Crippen MR) is 29.2 cm³/mol. The van der Waals surface area contributed by atoms with Crippen LogP contribution in [0.2, 0.25) is 0 Å². The molecule has 10 N–H and O–H groups in total. The number of hydrogen-bond acceptors (Lipinski definition) is 3. The van der Waals surface area contributed by atoms with Crippen LogP contribution in [0, 0.1) is 0 Å². The summed E-state index contributed by atoms with van der Waals surface area (Å²) >= 11 is 0. The van der Waals surface area contributed by atoms with Crippen LogP contribution in [0.1, 0.15) is 0 Å². The smallest absolute Gasteiger partial charge is 0.652 e. The molecule has 0 saturated heterocycles. The van der Waals surface area contributed by atoms with E-state index < -0.39 is 6.16 Å². The Morgan fingerprint density at radius 2 is 0.800 bits per heavy atom. The third-order valence-electron chi connectivity index (χ3n) is 0. The van der Waals surface area contributed by atoms with Gasteiger partial charge in [-0.1, -0.05) is 0 Å². The Morgan fingerprint density at radius 3 is 0.800 bits per heavy atom. The van der Waals surface area contributed by atoms with Crippen molar-refractivity contribution < 1.29 is 42.4 Å². The number of carboxylic acid groups (broad SMARTS) is 2. The van der Waals surface area contributed by atoms with Gasteiger partial charge in [0.25, 0.3) is 0 Å². The zero-order valence-corrected chi connectivity index (χ0v) is 6.35. The molecule has 0 heterocycles. The van der Waals surface area contributed by atoms with E-state index in [1.165, 1.54) is 0 Å². The summed E-state index contributed by atoms with van der Waals surface area (Å²) in [5.41, 5.74) is 0. The minimum Gasteiger partial charge on any atom is -0.652 e. The Morgan fingerprint density at radius 1 is 0.800 bits per heavy atom. The van der Waals surface area contributed by atoms with Crippen molar-refractivity contribution in [2.75, 3.05) is 0 Å². The molecule has 0 saturated carbocycles. The molecular formula is CH10MgO8. The van der Waals surface area contributed by atoms with Crippen LogP contribution in [0.3, 0.4) is 0 Å². The maximum Gasteiger partial charge on any atom is 2.00 e. The van der Waals surface area contributed by atoms with Crippen LogP contribution >= 0.6 is 0 Å². The van der Waals surface area contributed by atoms with Gasteiger partial charge in [-0.25, -0.2) is 0 Å². The van der Waals surface area contributed by atoms with Crippen molar-refractivity contribution >= 4 is 29.2 Å². The normalized spacial score (nSPS) is 2.40. The van der Waals surface area contributed by atoms with Gasteiger partial charge in [0.1, 0.15) is 0 Å². The van der Waals surface area contributed by atoms with Crippen LogP contribution in [0.5, 0.6) is 0 Å². The topological polar surface area (TPSA) is 221 Å². The zero-order chi connectivity index (χ0) is 3.58. The zero-order valence-electron chi connectivity index (χ0n) is 4.93. The summed E-state index contributed by atoms with van der Waals surface area (Å²) in [6, 6.07) is 0. The third kappa shape index (κ3) is 13700. The molecule has 0 aromatic rings. The second-order valence-electron chi connectivity index (χ2n) is 0.250. The van der Waals surface area contributed by atoms with E-state index in [0.717, 1.165) is 0 Å². The van der Waals surface area contributed by atoms with Crippen LogP contribution < -0.4 is 10.2 Å². The Bertz CT molecular complexity index is 32.2. The van der Waals surface area contributed by atoms with E-state index in [9.17, 15) is 0 Å². The summed E-state index contributed by atoms with van der Waals surface area (Å²) in [4.78, 5) is 8.33. The molecule has 0 unspecified atom stereocenters. The van der Waals surface area contributed by atoms with Gasteiger partial charge in [-0.2, -0.15) is 0 Å². The molecule has 0 aromatic heterocycles. The standard InChI is InChI=1S/CH2O3.Mg.5H2O/c2-1(3)4;;;;;;/h(H2,2,3,4);;5*1H2/q;+2;;;;;/p-2. The molecule has 0 radical (unpaired) electrons. The molecule has 0 spiro atoms. The first-order valence-corrected chi connectivity index (χ1v) is 0.612. The molecule has 8 nitrogen and oxygen atoms in total. The van der Waals surface area contributed by atoms with Crippen molar-refractivity contribution in [1.82, 2.24) is 0 Å². The number of rotatable bonds is 0. The molecule has 64 valence electrons. The van der Waals surface area contributed by atoms with Crippen LogP contribution in [0.15, 0.2) is 0 Å². The van der Waals surface area contributed by atoms with Crippen LogP contribution in [-0.4, -0.2) is 56.6 Å². The fourth-order valence-corrected chi connectivity index (χ4v) is 0. The first-order chi connectivity index (χ1) is 1.73. The quantitative estimate of drug-likeness (QED) is 0.327. The van der Waals surface area contributed by atoms with Gasteiger partial charge in [0, 0.05) is 0 Å². The van der Waals surface area contributed by atoms with Gasteiger partial charge in [0.2, 0.25) is 0 Å². The van der Waals surface area contributed by atoms with Gasteiger partial charge in [-0.15, -0.1) is 0 Å². The Balaban J connectivity index is -0.00000000300. The van der Waals surface area contributed by atoms with Gasteiger partial charge in [-0.3, -0.25) is 0 Å². The molecule has 0 rings (SSSR count). The molecule has 0 amide bonds. The largest absolute Gasteiger partial charge is 2.00 e. The summed E-state index contributed by atoms with van der Waals surface area (Å²) in [6.45, 7) is 0. The monoisotopic (exact) mass is 174 g/mol. The van der Waals surface area contributed by atoms with Crippen LogP contribution in [0.25, 0.3) is 0 Å². The van der Waals surface area contributed by atoms with Crippen molar-refractivity contribution in [3.05, 3.63) is 0 Å². The fourth-order valence-electron chi connectivity index (χ4n) is 0. The van der Waals surface area contributed by atoms with E-state index in [2.05, 4.69) is 0 Å². The van der Waals surface area contributed by atoms with Gasteiger partial charge in [0.15, 0.2) is 0 Å². The van der Waals surface area contributed by atoms with Crippen molar-refractivity contribution in [3.8, 4) is 0 Å². The number of hydrogen-bond donors (Lipinski definition) is 0. The molecule has 0 fully saturated rings. The molecule has 0 atom stereocenters. The Labute approximate surface area is 72.2 Å². The summed E-state index contributed by atoms with van der Waals surface area (Å²) in [5, 5.41) is 16.7. The molecule has 0 aliphatic rings. The average Bonchev–Trinajstić information content (AvgIpc) is 0.811. The van der Waals surface area contributed by atoms with E-state index in [1.807, 2.05) is 0 Å². The third-order valence-corrected chi connectivity index (χ3v) is 0. The Kier molecular flexibility index (Phi) is 644. The van der Waals surface area contributed by atoms with E-state index in [-0.39, 0.29) is 50.4 Å². The van der Waals surface area contributed by atoms with E-state index >= 15 is 0 Å². The maximum atomic E-state index is 8.33. The molecule has 0 aliphatic heterocycles. The molecule has 0 aromatic carbocycles. The summed E-state index contributed by atoms with van der Waals surface area (Å²) < 4.78 is 0. The molecule has 9 heteroatoms. The van der Waals surface area contributed by atoms with Gasteiger partial charge in [0.05, 0.1) is 0 Å². The second kappa shape index (κ2) is 67.5. The summed E-state index contributed by atoms with van der Waals surface area (Å²) in [6.07, 6.45) is -2.33. The fraction of sp³-hybridized carbons (Fsp3) is 0. The van der Waals surface area contributed by atoms with Gasteiger partial charge < -0.3 is 42.4 Å². The number of carbonyl (C=O) groups is 1. The molecule has 0 bridgehead atoms. The van der Waals surface area contributed by atoms with Crippen molar-refractivity contribution in [2.45, 2.75) is 0 Å². The minimum atomic E-state index is -2.33. The molecule has 10 heavy (non-hydrogen) atoms. The summed E-state index contributed by atoms with van der Waals surface area (Å²) in [7, 11) is 0. The first kappa shape index (κ1) is 95.5. The Hall–Kier alpha value is -0.164. The second-order valence-corrected chi connectivity index (χ2v) is 0.250. The SMILES string of the molecule is O.O.O.O.O.O=C([O-])[O-].[Mg+2]. The molecule has 0 aliphatic carbocycles. The van der Waals surface area contributed by atoms with E-state index in [0.29, 0.717) is 0 Å². The van der Waals surface area contributed by atoms with Crippen molar-refractivity contribution in [2.24, 2.45) is 0 Å². The van der Waals surface area contributed by atoms with E-state index in [4.69, 9.17) is 15.0 Å². The van der Waals surface area contributed by atoms with Crippen LogP contribution in [-0.2, 0) is 0 Å². The maximum absolute atomic E-state index is 8.33. The van der Waals surface area contributed by atoms with Crippen LogP contribution in [0.4, 0.5) is 4.79 Å². The predicted octanol–water partition coefficient (Wildman–Crippen LogP) is -6.95. The first-order valence-electron chi connectivity index (χ1n) is 0.612. The van der Waals surface area contributed by atoms with E-state index in [1.54, 1.807) is 0 Å².